The van der Waals surface area contributed by atoms with Gasteiger partial charge in [0.25, 0.3) is 0 Å². The van der Waals surface area contributed by atoms with Crippen molar-refractivity contribution < 1.29 is 0 Å². The second-order valence-electron chi connectivity index (χ2n) is 6.14. The number of benzene rings is 1. The van der Waals surface area contributed by atoms with Gasteiger partial charge in [-0.2, -0.15) is 0 Å². The molecule has 4 nitrogen and oxygen atoms in total. The van der Waals surface area contributed by atoms with Gasteiger partial charge in [0.2, 0.25) is 0 Å². The lowest BCUT2D eigenvalue weighted by atomic mass is 9.78. The fraction of sp³-hybridized carbons (Fsp3) is 0.389. The average Bonchev–Trinajstić information content (AvgIpc) is 2.81. The van der Waals surface area contributed by atoms with Crippen molar-refractivity contribution in [3.63, 3.8) is 0 Å². The number of nitrogens with one attached hydrogen (secondary N) is 1. The van der Waals surface area contributed by atoms with E-state index in [2.05, 4.69) is 86.3 Å². The van der Waals surface area contributed by atoms with Crippen LogP contribution in [0.2, 0.25) is 0 Å². The van der Waals surface area contributed by atoms with E-state index >= 15 is 0 Å². The molecule has 1 aliphatic carbocycles. The lowest BCUT2D eigenvalue weighted by molar-refractivity contribution is 0.454. The number of aromatic nitrogens is 1. The van der Waals surface area contributed by atoms with Crippen molar-refractivity contribution in [2.45, 2.75) is 18.9 Å². The van der Waals surface area contributed by atoms with Crippen molar-refractivity contribution in [2.24, 2.45) is 12.0 Å². The fourth-order valence-corrected chi connectivity index (χ4v) is 3.76. The van der Waals surface area contributed by atoms with Gasteiger partial charge in [0.1, 0.15) is 0 Å². The summed E-state index contributed by atoms with van der Waals surface area (Å²) in [6.45, 7) is 1.76. The summed E-state index contributed by atoms with van der Waals surface area (Å²) in [7, 11) is 5.98. The number of rotatable bonds is 4. The first-order chi connectivity index (χ1) is 11.1. The monoisotopic (exact) mass is 374 g/mol. The molecular weight excluding hydrogens is 352 g/mol. The van der Waals surface area contributed by atoms with Crippen molar-refractivity contribution in [3.8, 4) is 0 Å². The molecule has 5 heteroatoms. The zero-order valence-electron chi connectivity index (χ0n) is 13.9. The Morgan fingerprint density at radius 3 is 2.87 bits per heavy atom. The minimum atomic E-state index is 0.598. The summed E-state index contributed by atoms with van der Waals surface area (Å²) in [5.41, 5.74) is 4.21. The molecule has 122 valence electrons. The van der Waals surface area contributed by atoms with Crippen molar-refractivity contribution >= 4 is 21.9 Å². The lowest BCUT2D eigenvalue weighted by Crippen LogP contribution is -2.42. The second-order valence-corrected chi connectivity index (χ2v) is 7.06. The fourth-order valence-electron chi connectivity index (χ4n) is 3.19. The van der Waals surface area contributed by atoms with Gasteiger partial charge in [0.15, 0.2) is 5.96 Å². The molecule has 1 aromatic carbocycles. The third-order valence-corrected chi connectivity index (χ3v) is 4.95. The number of fused-ring (bicyclic) bond motifs is 1. The summed E-state index contributed by atoms with van der Waals surface area (Å²) in [6.07, 6.45) is 3.24. The third kappa shape index (κ3) is 3.44. The van der Waals surface area contributed by atoms with Crippen molar-refractivity contribution in [1.82, 2.24) is 14.8 Å². The van der Waals surface area contributed by atoms with Gasteiger partial charge in [0.05, 0.1) is 6.54 Å². The van der Waals surface area contributed by atoms with Crippen LogP contribution in [0.5, 0.6) is 0 Å². The SMILES string of the molecule is CN=C(NCC1Cc2ccccc21)N(C)Cc1cc(Br)cn1C. The Balaban J connectivity index is 1.57. The maximum absolute atomic E-state index is 4.42. The number of aliphatic imine (C=N–C) groups is 1. The van der Waals surface area contributed by atoms with Crippen LogP contribution in [0, 0.1) is 0 Å². The van der Waals surface area contributed by atoms with Crippen LogP contribution in [0.25, 0.3) is 0 Å². The number of aryl methyl sites for hydroxylation is 1. The molecule has 1 atom stereocenters. The number of nitrogens with zero attached hydrogens (tertiary/aromatic N) is 3. The average molecular weight is 375 g/mol. The minimum Gasteiger partial charge on any atom is -0.356 e. The van der Waals surface area contributed by atoms with E-state index in [1.807, 2.05) is 7.05 Å². The predicted molar refractivity (Wildman–Crippen MR) is 98.8 cm³/mol. The molecule has 3 rings (SSSR count). The van der Waals surface area contributed by atoms with Gasteiger partial charge in [-0.05, 0) is 39.5 Å². The topological polar surface area (TPSA) is 32.6 Å². The van der Waals surface area contributed by atoms with Crippen LogP contribution in [0.4, 0.5) is 0 Å². The molecule has 23 heavy (non-hydrogen) atoms. The standard InChI is InChI=1S/C18H23BrN4/c1-20-18(23(3)12-16-9-15(19)11-22(16)2)21-10-14-8-13-6-4-5-7-17(13)14/h4-7,9,11,14H,8,10,12H2,1-3H3,(H,20,21). The summed E-state index contributed by atoms with van der Waals surface area (Å²) < 4.78 is 3.24. The first kappa shape index (κ1) is 16.1. The highest BCUT2D eigenvalue weighted by atomic mass is 79.9. The number of halogens is 1. The largest absolute Gasteiger partial charge is 0.356 e. The highest BCUT2D eigenvalue weighted by Gasteiger charge is 2.25. The zero-order valence-corrected chi connectivity index (χ0v) is 15.5. The second kappa shape index (κ2) is 6.79. The minimum absolute atomic E-state index is 0.598. The van der Waals surface area contributed by atoms with Gasteiger partial charge in [-0.3, -0.25) is 4.99 Å². The number of hydrogen-bond acceptors (Lipinski definition) is 1. The Hall–Kier alpha value is -1.75. The van der Waals surface area contributed by atoms with Crippen molar-refractivity contribution in [2.75, 3.05) is 20.6 Å². The molecular formula is C18H23BrN4. The smallest absolute Gasteiger partial charge is 0.193 e. The lowest BCUT2D eigenvalue weighted by Gasteiger charge is -2.32. The van der Waals surface area contributed by atoms with Gasteiger partial charge in [-0.15, -0.1) is 0 Å². The molecule has 1 aliphatic rings. The van der Waals surface area contributed by atoms with E-state index in [9.17, 15) is 0 Å². The highest BCUT2D eigenvalue weighted by molar-refractivity contribution is 9.10. The molecule has 0 saturated carbocycles. The van der Waals surface area contributed by atoms with Crippen LogP contribution in [0.3, 0.4) is 0 Å². The molecule has 2 aromatic rings. The van der Waals surface area contributed by atoms with E-state index < -0.39 is 0 Å². The van der Waals surface area contributed by atoms with Crippen LogP contribution in [0.1, 0.15) is 22.7 Å². The van der Waals surface area contributed by atoms with Gasteiger partial charge >= 0.3 is 0 Å². The zero-order chi connectivity index (χ0) is 16.4. The maximum atomic E-state index is 4.42. The molecule has 1 aromatic heterocycles. The molecule has 0 radical (unpaired) electrons. The molecule has 0 saturated heterocycles. The summed E-state index contributed by atoms with van der Waals surface area (Å²) in [5, 5.41) is 3.51. The van der Waals surface area contributed by atoms with E-state index in [1.165, 1.54) is 16.8 Å². The molecule has 0 aliphatic heterocycles. The quantitative estimate of drug-likeness (QED) is 0.658. The van der Waals surface area contributed by atoms with E-state index in [0.717, 1.165) is 29.9 Å². The van der Waals surface area contributed by atoms with Gasteiger partial charge in [0, 0.05) is 50.0 Å². The summed E-state index contributed by atoms with van der Waals surface area (Å²) >= 11 is 3.52. The Kier molecular flexibility index (Phi) is 4.76. The number of hydrogen-bond donors (Lipinski definition) is 1. The molecule has 0 spiro atoms. The summed E-state index contributed by atoms with van der Waals surface area (Å²) in [4.78, 5) is 6.58. The molecule has 1 unspecified atom stereocenters. The van der Waals surface area contributed by atoms with Crippen LogP contribution in [0.15, 0.2) is 46.0 Å². The summed E-state index contributed by atoms with van der Waals surface area (Å²) in [5.74, 6) is 1.53. The number of guanidine groups is 1. The first-order valence-electron chi connectivity index (χ1n) is 7.89. The van der Waals surface area contributed by atoms with E-state index in [4.69, 9.17) is 0 Å². The van der Waals surface area contributed by atoms with Gasteiger partial charge in [-0.1, -0.05) is 24.3 Å². The van der Waals surface area contributed by atoms with Crippen LogP contribution >= 0.6 is 15.9 Å². The normalized spacial score (nSPS) is 16.7. The Labute approximate surface area is 146 Å². The molecule has 1 heterocycles. The third-order valence-electron chi connectivity index (χ3n) is 4.51. The molecule has 0 fully saturated rings. The molecule has 0 bridgehead atoms. The predicted octanol–water partition coefficient (Wildman–Crippen LogP) is 3.13. The van der Waals surface area contributed by atoms with Crippen molar-refractivity contribution in [1.29, 1.82) is 0 Å². The van der Waals surface area contributed by atoms with Crippen LogP contribution in [-0.4, -0.2) is 36.1 Å². The highest BCUT2D eigenvalue weighted by Crippen LogP contribution is 2.34. The van der Waals surface area contributed by atoms with Gasteiger partial charge < -0.3 is 14.8 Å². The molecule has 0 amide bonds. The summed E-state index contributed by atoms with van der Waals surface area (Å²) in [6, 6.07) is 10.8. The maximum Gasteiger partial charge on any atom is 0.193 e. The first-order valence-corrected chi connectivity index (χ1v) is 8.68. The Morgan fingerprint density at radius 2 is 2.22 bits per heavy atom. The van der Waals surface area contributed by atoms with Crippen LogP contribution in [-0.2, 0) is 20.0 Å². The van der Waals surface area contributed by atoms with Crippen LogP contribution < -0.4 is 5.32 Å². The van der Waals surface area contributed by atoms with Gasteiger partial charge in [-0.25, -0.2) is 0 Å². The Bertz CT molecular complexity index is 720. The van der Waals surface area contributed by atoms with E-state index in [0.29, 0.717) is 5.92 Å². The van der Waals surface area contributed by atoms with Crippen molar-refractivity contribution in [3.05, 3.63) is 57.8 Å². The van der Waals surface area contributed by atoms with E-state index in [1.54, 1.807) is 0 Å². The molecule has 1 N–H and O–H groups in total. The van der Waals surface area contributed by atoms with E-state index in [-0.39, 0.29) is 0 Å². The Morgan fingerprint density at radius 1 is 1.43 bits per heavy atom.